The number of nitrogens with one attached hydrogen (secondary N) is 1. The second-order valence-corrected chi connectivity index (χ2v) is 7.73. The zero-order valence-corrected chi connectivity index (χ0v) is 17.3. The summed E-state index contributed by atoms with van der Waals surface area (Å²) in [7, 11) is 0. The number of nitrogens with zero attached hydrogens (tertiary/aromatic N) is 3. The topological polar surface area (TPSA) is 75.2 Å². The van der Waals surface area contributed by atoms with Crippen molar-refractivity contribution in [3.63, 3.8) is 0 Å². The standard InChI is InChI=1S/C23H21ClN4O2/c1-15-20(22(29)27-19-9-7-18(24)8-10-19)13-25-21(26-15)17-11-12-28(14-17)23(30)16-5-3-2-4-6-16/h2-10,13,17H,11-12,14H2,1H3,(H,27,29). The quantitative estimate of drug-likeness (QED) is 0.682. The van der Waals surface area contributed by atoms with Gasteiger partial charge in [0.1, 0.15) is 5.82 Å². The third-order valence-electron chi connectivity index (χ3n) is 5.21. The number of anilines is 1. The predicted molar refractivity (Wildman–Crippen MR) is 116 cm³/mol. The van der Waals surface area contributed by atoms with Gasteiger partial charge in [-0.2, -0.15) is 0 Å². The van der Waals surface area contributed by atoms with Crippen molar-refractivity contribution in [2.24, 2.45) is 0 Å². The molecule has 1 aliphatic heterocycles. The van der Waals surface area contributed by atoms with Gasteiger partial charge in [-0.3, -0.25) is 9.59 Å². The van der Waals surface area contributed by atoms with E-state index in [2.05, 4.69) is 15.3 Å². The lowest BCUT2D eigenvalue weighted by atomic mass is 10.1. The Kier molecular flexibility index (Phi) is 5.77. The molecule has 7 heteroatoms. The molecule has 30 heavy (non-hydrogen) atoms. The van der Waals surface area contributed by atoms with Crippen LogP contribution in [0.5, 0.6) is 0 Å². The molecule has 1 aliphatic rings. The number of aryl methyl sites for hydroxylation is 1. The van der Waals surface area contributed by atoms with Gasteiger partial charge in [0.15, 0.2) is 0 Å². The molecular formula is C23H21ClN4O2. The van der Waals surface area contributed by atoms with Gasteiger partial charge in [-0.05, 0) is 49.7 Å². The fourth-order valence-corrected chi connectivity index (χ4v) is 3.68. The van der Waals surface area contributed by atoms with E-state index in [9.17, 15) is 9.59 Å². The maximum atomic E-state index is 12.7. The van der Waals surface area contributed by atoms with Crippen molar-refractivity contribution >= 4 is 29.1 Å². The first-order chi connectivity index (χ1) is 14.5. The van der Waals surface area contributed by atoms with Crippen molar-refractivity contribution in [3.05, 3.63) is 88.5 Å². The molecule has 2 aromatic carbocycles. The first kappa shape index (κ1) is 20.0. The van der Waals surface area contributed by atoms with Crippen molar-refractivity contribution in [2.75, 3.05) is 18.4 Å². The molecule has 1 saturated heterocycles. The van der Waals surface area contributed by atoms with E-state index >= 15 is 0 Å². The molecule has 0 aliphatic carbocycles. The molecule has 1 aromatic heterocycles. The van der Waals surface area contributed by atoms with Crippen LogP contribution in [0.4, 0.5) is 5.69 Å². The molecule has 4 rings (SSSR count). The minimum Gasteiger partial charge on any atom is -0.338 e. The molecule has 1 fully saturated rings. The summed E-state index contributed by atoms with van der Waals surface area (Å²) in [5.41, 5.74) is 2.37. The molecule has 152 valence electrons. The molecule has 1 atom stereocenters. The highest BCUT2D eigenvalue weighted by Crippen LogP contribution is 2.26. The van der Waals surface area contributed by atoms with E-state index in [4.69, 9.17) is 11.6 Å². The Bertz CT molecular complexity index is 1070. The number of amides is 2. The lowest BCUT2D eigenvalue weighted by Gasteiger charge is -2.16. The number of carbonyl (C=O) groups excluding carboxylic acids is 2. The van der Waals surface area contributed by atoms with Gasteiger partial charge < -0.3 is 10.2 Å². The molecule has 0 saturated carbocycles. The highest BCUT2D eigenvalue weighted by atomic mass is 35.5. The lowest BCUT2D eigenvalue weighted by molar-refractivity contribution is 0.0790. The van der Waals surface area contributed by atoms with E-state index in [0.29, 0.717) is 46.4 Å². The number of halogens is 1. The maximum Gasteiger partial charge on any atom is 0.259 e. The first-order valence-electron chi connectivity index (χ1n) is 9.76. The van der Waals surface area contributed by atoms with Gasteiger partial charge in [-0.15, -0.1) is 0 Å². The van der Waals surface area contributed by atoms with Crippen LogP contribution in [0.2, 0.25) is 5.02 Å². The second kappa shape index (κ2) is 8.63. The second-order valence-electron chi connectivity index (χ2n) is 7.29. The van der Waals surface area contributed by atoms with Crippen molar-refractivity contribution in [3.8, 4) is 0 Å². The fourth-order valence-electron chi connectivity index (χ4n) is 3.56. The van der Waals surface area contributed by atoms with Gasteiger partial charge in [0.05, 0.1) is 11.3 Å². The van der Waals surface area contributed by atoms with E-state index in [1.807, 2.05) is 35.2 Å². The Morgan fingerprint density at radius 1 is 1.10 bits per heavy atom. The number of hydrogen-bond donors (Lipinski definition) is 1. The third-order valence-corrected chi connectivity index (χ3v) is 5.46. The van der Waals surface area contributed by atoms with Gasteiger partial charge in [0, 0.05) is 41.5 Å². The van der Waals surface area contributed by atoms with Crippen LogP contribution in [-0.2, 0) is 0 Å². The van der Waals surface area contributed by atoms with Crippen LogP contribution < -0.4 is 5.32 Å². The molecule has 2 amide bonds. The molecular weight excluding hydrogens is 400 g/mol. The molecule has 3 aromatic rings. The SMILES string of the molecule is Cc1nc(C2CCN(C(=O)c3ccccc3)C2)ncc1C(=O)Nc1ccc(Cl)cc1. The van der Waals surface area contributed by atoms with E-state index in [0.717, 1.165) is 6.42 Å². The van der Waals surface area contributed by atoms with E-state index in [1.54, 1.807) is 37.4 Å². The molecule has 2 heterocycles. The van der Waals surface area contributed by atoms with E-state index in [1.165, 1.54) is 0 Å². The smallest absolute Gasteiger partial charge is 0.259 e. The summed E-state index contributed by atoms with van der Waals surface area (Å²) >= 11 is 5.88. The van der Waals surface area contributed by atoms with E-state index in [-0.39, 0.29) is 17.7 Å². The minimum atomic E-state index is -0.270. The summed E-state index contributed by atoms with van der Waals surface area (Å²) in [6, 6.07) is 16.2. The first-order valence-corrected chi connectivity index (χ1v) is 10.1. The average Bonchev–Trinajstić information content (AvgIpc) is 3.25. The summed E-state index contributed by atoms with van der Waals surface area (Å²) in [5.74, 6) is 0.478. The van der Waals surface area contributed by atoms with Crippen molar-refractivity contribution in [1.29, 1.82) is 0 Å². The number of aromatic nitrogens is 2. The molecule has 0 bridgehead atoms. The van der Waals surface area contributed by atoms with Crippen LogP contribution in [0.3, 0.4) is 0 Å². The van der Waals surface area contributed by atoms with Gasteiger partial charge in [-0.1, -0.05) is 29.8 Å². The summed E-state index contributed by atoms with van der Waals surface area (Å²) in [6.45, 7) is 3.03. The summed E-state index contributed by atoms with van der Waals surface area (Å²) in [6.07, 6.45) is 2.36. The van der Waals surface area contributed by atoms with Crippen LogP contribution in [0, 0.1) is 6.92 Å². The van der Waals surface area contributed by atoms with Crippen LogP contribution in [0.1, 0.15) is 44.6 Å². The summed E-state index contributed by atoms with van der Waals surface area (Å²) in [5, 5.41) is 3.43. The Morgan fingerprint density at radius 2 is 1.83 bits per heavy atom. The highest BCUT2D eigenvalue weighted by Gasteiger charge is 2.30. The van der Waals surface area contributed by atoms with Gasteiger partial charge in [0.2, 0.25) is 0 Å². The zero-order chi connectivity index (χ0) is 21.1. The molecule has 1 unspecified atom stereocenters. The Hall–Kier alpha value is -3.25. The third kappa shape index (κ3) is 4.33. The minimum absolute atomic E-state index is 0.0220. The van der Waals surface area contributed by atoms with Crippen LogP contribution in [0.25, 0.3) is 0 Å². The molecule has 6 nitrogen and oxygen atoms in total. The fraction of sp³-hybridized carbons (Fsp3) is 0.217. The van der Waals surface area contributed by atoms with Crippen LogP contribution in [0.15, 0.2) is 60.8 Å². The monoisotopic (exact) mass is 420 g/mol. The number of carbonyl (C=O) groups is 2. The lowest BCUT2D eigenvalue weighted by Crippen LogP contribution is -2.28. The van der Waals surface area contributed by atoms with Crippen molar-refractivity contribution < 1.29 is 9.59 Å². The maximum absolute atomic E-state index is 12.7. The highest BCUT2D eigenvalue weighted by molar-refractivity contribution is 6.30. The molecule has 0 radical (unpaired) electrons. The van der Waals surface area contributed by atoms with Crippen molar-refractivity contribution in [1.82, 2.24) is 14.9 Å². The number of likely N-dealkylation sites (tertiary alicyclic amines) is 1. The van der Waals surface area contributed by atoms with E-state index < -0.39 is 0 Å². The molecule has 0 spiro atoms. The normalized spacial score (nSPS) is 15.8. The number of benzene rings is 2. The Balaban J connectivity index is 1.44. The number of rotatable bonds is 4. The van der Waals surface area contributed by atoms with Crippen LogP contribution >= 0.6 is 11.6 Å². The Labute approximate surface area is 179 Å². The van der Waals surface area contributed by atoms with Gasteiger partial charge in [-0.25, -0.2) is 9.97 Å². The zero-order valence-electron chi connectivity index (χ0n) is 16.5. The predicted octanol–water partition coefficient (Wildman–Crippen LogP) is 4.32. The largest absolute Gasteiger partial charge is 0.338 e. The van der Waals surface area contributed by atoms with Crippen LogP contribution in [-0.4, -0.2) is 39.8 Å². The van der Waals surface area contributed by atoms with Gasteiger partial charge >= 0.3 is 0 Å². The number of hydrogen-bond acceptors (Lipinski definition) is 4. The Morgan fingerprint density at radius 3 is 2.53 bits per heavy atom. The van der Waals surface area contributed by atoms with Crippen molar-refractivity contribution in [2.45, 2.75) is 19.3 Å². The molecule has 1 N–H and O–H groups in total. The summed E-state index contributed by atoms with van der Waals surface area (Å²) < 4.78 is 0. The summed E-state index contributed by atoms with van der Waals surface area (Å²) in [4.78, 5) is 36.1. The average molecular weight is 421 g/mol. The van der Waals surface area contributed by atoms with Gasteiger partial charge in [0.25, 0.3) is 11.8 Å².